The van der Waals surface area contributed by atoms with Crippen molar-refractivity contribution in [2.75, 3.05) is 0 Å². The van der Waals surface area contributed by atoms with Gasteiger partial charge in [-0.2, -0.15) is 0 Å². The van der Waals surface area contributed by atoms with Gasteiger partial charge in [-0.15, -0.1) is 0 Å². The van der Waals surface area contributed by atoms with Gasteiger partial charge in [0, 0.05) is 0 Å². The van der Waals surface area contributed by atoms with Gasteiger partial charge in [0.05, 0.1) is 0 Å². The smallest absolute Gasteiger partial charge is 1.00 e. The molecule has 0 amide bonds. The average molecular weight is 212 g/mol. The zero-order chi connectivity index (χ0) is 6.95. The Kier molecular flexibility index (Phi) is 28.3. The van der Waals surface area contributed by atoms with Crippen LogP contribution in [-0.4, -0.2) is 15.2 Å². The van der Waals surface area contributed by atoms with Crippen LogP contribution in [0.2, 0.25) is 10.6 Å². The average Bonchev–Trinajstić information content (AvgIpc) is 1.89. The number of halogens is 2. The third kappa shape index (κ3) is 18.2. The van der Waals surface area contributed by atoms with E-state index in [1.165, 1.54) is 36.2 Å². The van der Waals surface area contributed by atoms with Gasteiger partial charge in [0.15, 0.2) is 10.6 Å². The number of hydrogen-bond acceptors (Lipinski definition) is 0. The van der Waals surface area contributed by atoms with Crippen LogP contribution < -0.4 is 24.8 Å². The van der Waals surface area contributed by atoms with E-state index in [2.05, 4.69) is 13.8 Å². The molecule has 0 saturated heterocycles. The van der Waals surface area contributed by atoms with Gasteiger partial charge < -0.3 is 24.8 Å². The lowest BCUT2D eigenvalue weighted by atomic mass is 10.4. The molecule has 0 unspecified atom stereocenters. The zero-order valence-electron chi connectivity index (χ0n) is 7.58. The summed E-state index contributed by atoms with van der Waals surface area (Å²) in [6.07, 6.45) is 5.72. The molecule has 0 aliphatic rings. The van der Waals surface area contributed by atoms with E-state index in [1.54, 1.807) is 0 Å². The Hall–Kier alpha value is 1.11. The topological polar surface area (TPSA) is 0 Å². The van der Waals surface area contributed by atoms with Crippen LogP contribution in [0.3, 0.4) is 0 Å². The summed E-state index contributed by atoms with van der Waals surface area (Å²) < 4.78 is 0. The highest BCUT2D eigenvalue weighted by Gasteiger charge is 2.40. The fourth-order valence-electron chi connectivity index (χ4n) is 0.841. The molecule has 0 aliphatic carbocycles. The van der Waals surface area contributed by atoms with Gasteiger partial charge in [0.2, 0.25) is 0 Å². The van der Waals surface area contributed by atoms with Crippen molar-refractivity contribution in [3.05, 3.63) is 0 Å². The Labute approximate surface area is 90.1 Å². The minimum atomic E-state index is 0. The molecule has 0 aromatic rings. The van der Waals surface area contributed by atoms with E-state index >= 15 is 0 Å². The van der Waals surface area contributed by atoms with Crippen molar-refractivity contribution < 1.29 is 24.8 Å². The van der Waals surface area contributed by atoms with Gasteiger partial charge in [-0.25, -0.2) is 0 Å². The van der Waals surface area contributed by atoms with Gasteiger partial charge in [-0.3, -0.25) is 0 Å². The first-order valence-corrected chi connectivity index (χ1v) is 5.86. The van der Waals surface area contributed by atoms with Crippen molar-refractivity contribution in [3.63, 3.8) is 0 Å². The second kappa shape index (κ2) is 17.3. The Bertz CT molecular complexity index is 45.4. The van der Waals surface area contributed by atoms with E-state index in [0.29, 0.717) is 0 Å². The minimum absolute atomic E-state index is 0. The largest absolute Gasteiger partial charge is 1.24 e. The van der Waals surface area contributed by atoms with E-state index in [4.69, 9.17) is 0 Å². The maximum absolute atomic E-state index is 2.28. The van der Waals surface area contributed by atoms with Crippen LogP contribution in [-0.2, 0) is 0 Å². The lowest BCUT2D eigenvalue weighted by Crippen LogP contribution is -3.00. The summed E-state index contributed by atoms with van der Waals surface area (Å²) in [5.41, 5.74) is 0. The highest BCUT2D eigenvalue weighted by molar-refractivity contribution is 6.35. The van der Waals surface area contributed by atoms with Crippen LogP contribution in [0.15, 0.2) is 0 Å². The molecule has 0 atom stereocenters. The van der Waals surface area contributed by atoms with Crippen LogP contribution >= 0.6 is 0 Å². The van der Waals surface area contributed by atoms with Crippen molar-refractivity contribution >= 4 is 15.2 Å². The number of unbranched alkanes of at least 4 members (excludes halogenated alkanes) is 2. The van der Waals surface area contributed by atoms with Gasteiger partial charge in [-0.1, -0.05) is 26.7 Å². The maximum atomic E-state index is 2.28. The van der Waals surface area contributed by atoms with E-state index < -0.39 is 0 Å². The van der Waals surface area contributed by atoms with E-state index in [-0.39, 0.29) is 24.8 Å². The molecule has 0 fully saturated rings. The molecule has 0 saturated carbocycles. The lowest BCUT2D eigenvalue weighted by molar-refractivity contribution is -0.00100. The molecule has 0 N–H and O–H groups in total. The van der Waals surface area contributed by atoms with E-state index in [1.807, 2.05) is 0 Å². The normalized spacial score (nSPS) is 8.18. The number of hydrogen-bond donors (Lipinski definition) is 0. The summed E-state index contributed by atoms with van der Waals surface area (Å²) in [5.74, 6) is 0. The summed E-state index contributed by atoms with van der Waals surface area (Å²) in [5, 5.41) is 3.08. The minimum Gasteiger partial charge on any atom is -1.00 e. The Morgan fingerprint density at radius 1 is 0.818 bits per heavy atom. The summed E-state index contributed by atoms with van der Waals surface area (Å²) in [4.78, 5) is 0. The molecule has 5 radical (unpaired) electrons. The Morgan fingerprint density at radius 3 is 1.45 bits per heavy atom. The summed E-state index contributed by atoms with van der Waals surface area (Å²) in [7, 11) is 0. The quantitative estimate of drug-likeness (QED) is 0.328. The van der Waals surface area contributed by atoms with Crippen molar-refractivity contribution in [2.45, 2.75) is 50.1 Å². The fourth-order valence-corrected chi connectivity index (χ4v) is 2.52. The van der Waals surface area contributed by atoms with Crippen molar-refractivity contribution in [2.24, 2.45) is 0 Å². The third-order valence-corrected chi connectivity index (χ3v) is 3.16. The molecular weight excluding hydrogens is 194 g/mol. The summed E-state index contributed by atoms with van der Waals surface area (Å²) >= 11 is 0.818. The zero-order valence-corrected chi connectivity index (χ0v) is 10.2. The van der Waals surface area contributed by atoms with Crippen molar-refractivity contribution in [3.8, 4) is 0 Å². The lowest BCUT2D eigenvalue weighted by Gasteiger charge is -1.74. The predicted molar refractivity (Wildman–Crippen MR) is 45.2 cm³/mol. The molecule has 0 aromatic heterocycles. The van der Waals surface area contributed by atoms with E-state index in [0.717, 1.165) is 15.2 Å². The second-order valence-electron chi connectivity index (χ2n) is 2.57. The van der Waals surface area contributed by atoms with Gasteiger partial charge in [0.1, 0.15) is 0 Å². The first-order valence-electron chi connectivity index (χ1n) is 4.23. The maximum Gasteiger partial charge on any atom is 1.24 e. The molecule has 0 heterocycles. The fraction of sp³-hybridized carbons (Fsp3) is 1.00. The second-order valence-corrected chi connectivity index (χ2v) is 4.31. The van der Waals surface area contributed by atoms with Crippen LogP contribution in [0.5, 0.6) is 0 Å². The molecule has 0 aliphatic heterocycles. The molecule has 0 rings (SSSR count). The van der Waals surface area contributed by atoms with Crippen LogP contribution in [0.4, 0.5) is 0 Å². The molecular formula is C8H18AlCl2. The number of rotatable bonds is 6. The summed E-state index contributed by atoms with van der Waals surface area (Å²) in [6, 6.07) is 0. The van der Waals surface area contributed by atoms with Gasteiger partial charge in [0.25, 0.3) is 0 Å². The molecule has 3 heteroatoms. The van der Waals surface area contributed by atoms with Crippen molar-refractivity contribution in [1.82, 2.24) is 0 Å². The molecule has 0 aromatic carbocycles. The van der Waals surface area contributed by atoms with Crippen LogP contribution in [0.25, 0.3) is 0 Å². The van der Waals surface area contributed by atoms with Crippen LogP contribution in [0, 0.1) is 0 Å². The van der Waals surface area contributed by atoms with Crippen LogP contribution in [0.1, 0.15) is 39.5 Å². The third-order valence-electron chi connectivity index (χ3n) is 1.52. The summed E-state index contributed by atoms with van der Waals surface area (Å²) in [6.45, 7) is 4.55. The molecule has 67 valence electrons. The van der Waals surface area contributed by atoms with E-state index in [9.17, 15) is 0 Å². The first kappa shape index (κ1) is 18.0. The van der Waals surface area contributed by atoms with Crippen molar-refractivity contribution in [1.29, 1.82) is 0 Å². The highest BCUT2D eigenvalue weighted by atomic mass is 35.5. The standard InChI is InChI=1S/2C4H9.Al.2ClH/c2*1-3-4-2;;;/h2*1,3-4H2,2H3;;2*1H/q;;+2;;/p-2. The Morgan fingerprint density at radius 2 is 1.18 bits per heavy atom. The van der Waals surface area contributed by atoms with Gasteiger partial charge >= 0.3 is 15.2 Å². The van der Waals surface area contributed by atoms with Gasteiger partial charge in [-0.05, 0) is 12.8 Å². The first-order chi connectivity index (χ1) is 4.41. The predicted octanol–water partition coefficient (Wildman–Crippen LogP) is -2.86. The molecule has 0 nitrogen and oxygen atoms in total. The molecule has 0 bridgehead atoms. The molecule has 11 heavy (non-hydrogen) atoms. The Balaban J connectivity index is -0.000000320. The SMILES string of the molecule is CCC[CH2][Al+2][CH2]CCC.[Cl-].[Cl-]. The highest BCUT2D eigenvalue weighted by Crippen LogP contribution is 1.99. The molecule has 0 spiro atoms. The monoisotopic (exact) mass is 211 g/mol.